The topological polar surface area (TPSA) is 89.5 Å². The molecule has 0 spiro atoms. The van der Waals surface area contributed by atoms with Crippen LogP contribution in [-0.2, 0) is 13.0 Å². The molecule has 23 heavy (non-hydrogen) atoms. The predicted octanol–water partition coefficient (Wildman–Crippen LogP) is 1.37. The Morgan fingerprint density at radius 3 is 3.04 bits per heavy atom. The summed E-state index contributed by atoms with van der Waals surface area (Å²) in [6.45, 7) is 2.49. The van der Waals surface area contributed by atoms with Crippen molar-refractivity contribution < 1.29 is 0 Å². The van der Waals surface area contributed by atoms with Crippen LogP contribution >= 0.6 is 11.3 Å². The fourth-order valence-electron chi connectivity index (χ4n) is 2.29. The molecule has 0 bridgehead atoms. The lowest BCUT2D eigenvalue weighted by Crippen LogP contribution is -2.15. The van der Waals surface area contributed by atoms with Crippen LogP contribution < -0.4 is 10.9 Å². The summed E-state index contributed by atoms with van der Waals surface area (Å²) < 4.78 is 3.09. The Morgan fingerprint density at radius 1 is 1.26 bits per heavy atom. The highest BCUT2D eigenvalue weighted by Gasteiger charge is 2.09. The van der Waals surface area contributed by atoms with Gasteiger partial charge >= 0.3 is 0 Å². The monoisotopic (exact) mass is 327 g/mol. The van der Waals surface area contributed by atoms with E-state index in [0.717, 1.165) is 23.5 Å². The molecule has 0 aromatic carbocycles. The van der Waals surface area contributed by atoms with Crippen molar-refractivity contribution in [2.45, 2.75) is 19.9 Å². The van der Waals surface area contributed by atoms with E-state index < -0.39 is 0 Å². The van der Waals surface area contributed by atoms with Crippen molar-refractivity contribution in [1.29, 1.82) is 0 Å². The number of hydrogen-bond acceptors (Lipinski definition) is 7. The van der Waals surface area contributed by atoms with Gasteiger partial charge in [-0.3, -0.25) is 4.79 Å². The molecular weight excluding hydrogens is 314 g/mol. The molecule has 1 N–H and O–H groups in total. The summed E-state index contributed by atoms with van der Waals surface area (Å²) in [5, 5.41) is 12.4. The maximum atomic E-state index is 12.0. The number of nitrogens with zero attached hydrogens (tertiary/aromatic N) is 6. The second kappa shape index (κ2) is 5.43. The van der Waals surface area contributed by atoms with E-state index in [2.05, 4.69) is 25.5 Å². The molecule has 0 radical (unpaired) electrons. The lowest BCUT2D eigenvalue weighted by atomic mass is 10.3. The average molecular weight is 327 g/mol. The first-order chi connectivity index (χ1) is 11.2. The van der Waals surface area contributed by atoms with E-state index in [9.17, 15) is 4.79 Å². The highest BCUT2D eigenvalue weighted by molar-refractivity contribution is 7.20. The molecule has 116 valence electrons. The Hall–Kier alpha value is -2.81. The van der Waals surface area contributed by atoms with Crippen LogP contribution in [0.4, 0.5) is 5.13 Å². The van der Waals surface area contributed by atoms with Gasteiger partial charge in [0.25, 0.3) is 5.56 Å². The molecule has 4 aromatic heterocycles. The summed E-state index contributed by atoms with van der Waals surface area (Å²) in [5.41, 5.74) is 2.36. The molecule has 0 aliphatic rings. The average Bonchev–Trinajstić information content (AvgIpc) is 3.19. The number of aryl methyl sites for hydroxylation is 1. The summed E-state index contributed by atoms with van der Waals surface area (Å²) >= 11 is 1.35. The van der Waals surface area contributed by atoms with Crippen LogP contribution in [0.5, 0.6) is 0 Å². The van der Waals surface area contributed by atoms with E-state index in [1.54, 1.807) is 16.9 Å². The molecule has 0 saturated heterocycles. The summed E-state index contributed by atoms with van der Waals surface area (Å²) in [4.78, 5) is 21.2. The Balaban J connectivity index is 1.64. The zero-order chi connectivity index (χ0) is 15.8. The molecule has 4 rings (SSSR count). The quantitative estimate of drug-likeness (QED) is 0.609. The SMILES string of the molecule is CCc1cc(=O)n2nc(NCc3ccnc4ccnn34)sc2n1. The van der Waals surface area contributed by atoms with Gasteiger partial charge in [0.1, 0.15) is 0 Å². The largest absolute Gasteiger partial charge is 0.354 e. The molecular formula is C14H13N7OS. The molecule has 0 aliphatic carbocycles. The standard InChI is InChI=1S/C14H13N7OS/c1-2-9-7-12(22)21-14(18-9)23-13(19-21)16-8-10-3-5-15-11-4-6-17-20(10)11/h3-7H,2,8H2,1H3,(H,16,19). The van der Waals surface area contributed by atoms with Crippen LogP contribution in [0.15, 0.2) is 35.4 Å². The van der Waals surface area contributed by atoms with Crippen LogP contribution in [-0.4, -0.2) is 29.2 Å². The Labute approximate surface area is 134 Å². The number of rotatable bonds is 4. The maximum Gasteiger partial charge on any atom is 0.275 e. The zero-order valence-electron chi connectivity index (χ0n) is 12.3. The van der Waals surface area contributed by atoms with Gasteiger partial charge in [-0.2, -0.15) is 9.61 Å². The van der Waals surface area contributed by atoms with E-state index in [1.165, 1.54) is 21.9 Å². The van der Waals surface area contributed by atoms with Crippen molar-refractivity contribution in [3.05, 3.63) is 52.3 Å². The first-order valence-electron chi connectivity index (χ1n) is 7.16. The van der Waals surface area contributed by atoms with Gasteiger partial charge in [-0.1, -0.05) is 18.3 Å². The fourth-order valence-corrected chi connectivity index (χ4v) is 3.11. The fraction of sp³-hybridized carbons (Fsp3) is 0.214. The minimum atomic E-state index is -0.158. The van der Waals surface area contributed by atoms with Crippen molar-refractivity contribution >= 4 is 27.1 Å². The van der Waals surface area contributed by atoms with Gasteiger partial charge in [-0.25, -0.2) is 14.5 Å². The normalized spacial score (nSPS) is 11.3. The molecule has 0 amide bonds. The second-order valence-electron chi connectivity index (χ2n) is 4.93. The van der Waals surface area contributed by atoms with E-state index in [0.29, 0.717) is 16.6 Å². The van der Waals surface area contributed by atoms with Gasteiger partial charge in [0, 0.05) is 24.0 Å². The lowest BCUT2D eigenvalue weighted by molar-refractivity contribution is 0.842. The highest BCUT2D eigenvalue weighted by atomic mass is 32.1. The predicted molar refractivity (Wildman–Crippen MR) is 86.8 cm³/mol. The van der Waals surface area contributed by atoms with Gasteiger partial charge < -0.3 is 5.32 Å². The summed E-state index contributed by atoms with van der Waals surface area (Å²) in [6.07, 6.45) is 4.17. The van der Waals surface area contributed by atoms with Gasteiger partial charge in [0.05, 0.1) is 18.4 Å². The third kappa shape index (κ3) is 2.44. The lowest BCUT2D eigenvalue weighted by Gasteiger charge is -2.04. The summed E-state index contributed by atoms with van der Waals surface area (Å²) in [7, 11) is 0. The first-order valence-corrected chi connectivity index (χ1v) is 7.97. The Kier molecular flexibility index (Phi) is 3.27. The summed E-state index contributed by atoms with van der Waals surface area (Å²) in [6, 6.07) is 5.25. The number of hydrogen-bond donors (Lipinski definition) is 1. The van der Waals surface area contributed by atoms with Gasteiger partial charge in [-0.15, -0.1) is 5.10 Å². The van der Waals surface area contributed by atoms with E-state index in [-0.39, 0.29) is 5.56 Å². The third-order valence-electron chi connectivity index (χ3n) is 3.45. The maximum absolute atomic E-state index is 12.0. The van der Waals surface area contributed by atoms with E-state index in [4.69, 9.17) is 0 Å². The van der Waals surface area contributed by atoms with Crippen LogP contribution in [0.3, 0.4) is 0 Å². The molecule has 0 atom stereocenters. The third-order valence-corrected chi connectivity index (χ3v) is 4.32. The molecule has 0 unspecified atom stereocenters. The highest BCUT2D eigenvalue weighted by Crippen LogP contribution is 2.17. The van der Waals surface area contributed by atoms with Crippen molar-refractivity contribution in [1.82, 2.24) is 29.2 Å². The molecule has 0 saturated carbocycles. The van der Waals surface area contributed by atoms with Gasteiger partial charge in [0.2, 0.25) is 10.1 Å². The molecule has 4 aromatic rings. The number of anilines is 1. The van der Waals surface area contributed by atoms with E-state index in [1.807, 2.05) is 19.1 Å². The van der Waals surface area contributed by atoms with Crippen LogP contribution in [0.1, 0.15) is 18.3 Å². The first kappa shape index (κ1) is 13.8. The minimum absolute atomic E-state index is 0.158. The number of aromatic nitrogens is 6. The summed E-state index contributed by atoms with van der Waals surface area (Å²) in [5.74, 6) is 0. The van der Waals surface area contributed by atoms with Gasteiger partial charge in [-0.05, 0) is 12.5 Å². The van der Waals surface area contributed by atoms with Crippen LogP contribution in [0, 0.1) is 0 Å². The smallest absolute Gasteiger partial charge is 0.275 e. The second-order valence-corrected chi connectivity index (χ2v) is 5.89. The Morgan fingerprint density at radius 2 is 2.17 bits per heavy atom. The molecule has 4 heterocycles. The number of nitrogens with one attached hydrogen (secondary N) is 1. The van der Waals surface area contributed by atoms with Crippen molar-refractivity contribution in [2.24, 2.45) is 0 Å². The number of fused-ring (bicyclic) bond motifs is 2. The van der Waals surface area contributed by atoms with Gasteiger partial charge in [0.15, 0.2) is 5.65 Å². The Bertz CT molecular complexity index is 1050. The molecule has 0 fully saturated rings. The van der Waals surface area contributed by atoms with Crippen molar-refractivity contribution in [2.75, 3.05) is 5.32 Å². The zero-order valence-corrected chi connectivity index (χ0v) is 13.1. The molecule has 0 aliphatic heterocycles. The van der Waals surface area contributed by atoms with Crippen LogP contribution in [0.2, 0.25) is 0 Å². The minimum Gasteiger partial charge on any atom is -0.354 e. The molecule has 8 nitrogen and oxygen atoms in total. The van der Waals surface area contributed by atoms with Crippen LogP contribution in [0.25, 0.3) is 10.6 Å². The molecule has 9 heteroatoms. The van der Waals surface area contributed by atoms with E-state index >= 15 is 0 Å². The van der Waals surface area contributed by atoms with Crippen molar-refractivity contribution in [3.8, 4) is 0 Å². The van der Waals surface area contributed by atoms with Crippen molar-refractivity contribution in [3.63, 3.8) is 0 Å².